The van der Waals surface area contributed by atoms with Crippen molar-refractivity contribution in [1.82, 2.24) is 20.9 Å². The molecule has 1 aliphatic carbocycles. The minimum Gasteiger partial charge on any atom is -0.379 e. The Kier molecular flexibility index (Phi) is 9.92. The van der Waals surface area contributed by atoms with Gasteiger partial charge in [0.2, 0.25) is 11.8 Å². The maximum atomic E-state index is 13.9. The van der Waals surface area contributed by atoms with E-state index in [1.165, 1.54) is 11.3 Å². The molecule has 5 rings (SSSR count). The monoisotopic (exact) mass is 596 g/mol. The van der Waals surface area contributed by atoms with Crippen molar-refractivity contribution in [3.8, 4) is 0 Å². The zero-order chi connectivity index (χ0) is 28.7. The topological polar surface area (TPSA) is 99.8 Å². The second kappa shape index (κ2) is 13.8. The first kappa shape index (κ1) is 29.5. The van der Waals surface area contributed by atoms with Gasteiger partial charge in [-0.1, -0.05) is 60.8 Å². The summed E-state index contributed by atoms with van der Waals surface area (Å²) in [4.78, 5) is 43.5. The summed E-state index contributed by atoms with van der Waals surface area (Å²) < 4.78 is 6.32. The van der Waals surface area contributed by atoms with Crippen LogP contribution >= 0.6 is 22.9 Å². The number of amides is 3. The first-order chi connectivity index (χ1) is 19.9. The Morgan fingerprint density at radius 3 is 2.54 bits per heavy atom. The number of halogens is 1. The maximum Gasteiger partial charge on any atom is 0.262 e. The van der Waals surface area contributed by atoms with Crippen molar-refractivity contribution in [3.05, 3.63) is 70.1 Å². The van der Waals surface area contributed by atoms with E-state index < -0.39 is 11.6 Å². The van der Waals surface area contributed by atoms with Crippen molar-refractivity contribution >= 4 is 50.7 Å². The summed E-state index contributed by atoms with van der Waals surface area (Å²) in [7, 11) is 0. The molecule has 3 amide bonds. The molecule has 1 atom stereocenters. The van der Waals surface area contributed by atoms with Crippen molar-refractivity contribution in [2.45, 2.75) is 50.1 Å². The summed E-state index contributed by atoms with van der Waals surface area (Å²) in [6, 6.07) is 16.3. The number of carbonyl (C=O) groups is 3. The zero-order valence-corrected chi connectivity index (χ0v) is 24.7. The SMILES string of the molecule is O=C(NC1(C(=O)N[C@H](Cc2ccccc2)C(=O)NCCCN2CCOCC2)CCCC1)c1cc2ccc(Cl)cc2s1. The highest BCUT2D eigenvalue weighted by Crippen LogP contribution is 2.33. The fraction of sp³-hybridized carbons (Fsp3) is 0.452. The Hall–Kier alpha value is -2.98. The Balaban J connectivity index is 1.25. The number of carbonyl (C=O) groups excluding carboxylic acids is 3. The lowest BCUT2D eigenvalue weighted by molar-refractivity contribution is -0.132. The van der Waals surface area contributed by atoms with E-state index in [1.807, 2.05) is 48.5 Å². The number of hydrogen-bond donors (Lipinski definition) is 3. The standard InChI is InChI=1S/C31H37ClN4O4S/c32-24-10-9-23-20-27(41-26(23)21-24)29(38)35-31(11-4-5-12-31)30(39)34-25(19-22-7-2-1-3-8-22)28(37)33-13-6-14-36-15-17-40-18-16-36/h1-3,7-10,20-21,25H,4-6,11-19H2,(H,33,37)(H,34,39)(H,35,38)/t25-/m1/s1. The van der Waals surface area contributed by atoms with Crippen LogP contribution in [0.2, 0.25) is 5.02 Å². The number of ether oxygens (including phenoxy) is 1. The van der Waals surface area contributed by atoms with Gasteiger partial charge in [-0.2, -0.15) is 0 Å². The molecular formula is C31H37ClN4O4S. The highest BCUT2D eigenvalue weighted by molar-refractivity contribution is 7.20. The van der Waals surface area contributed by atoms with Crippen LogP contribution in [0.1, 0.15) is 47.3 Å². The van der Waals surface area contributed by atoms with Crippen LogP contribution in [0.3, 0.4) is 0 Å². The lowest BCUT2D eigenvalue weighted by atomic mass is 9.94. The number of nitrogens with zero attached hydrogens (tertiary/aromatic N) is 1. The van der Waals surface area contributed by atoms with Crippen LogP contribution < -0.4 is 16.0 Å². The van der Waals surface area contributed by atoms with Gasteiger partial charge >= 0.3 is 0 Å². The Morgan fingerprint density at radius 1 is 1.02 bits per heavy atom. The molecular weight excluding hydrogens is 560 g/mol. The average Bonchev–Trinajstić information content (AvgIpc) is 3.64. The number of rotatable bonds is 11. The zero-order valence-electron chi connectivity index (χ0n) is 23.1. The average molecular weight is 597 g/mol. The van der Waals surface area contributed by atoms with E-state index in [9.17, 15) is 14.4 Å². The molecule has 0 radical (unpaired) electrons. The summed E-state index contributed by atoms with van der Waals surface area (Å²) in [6.07, 6.45) is 3.89. The number of benzene rings is 2. The van der Waals surface area contributed by atoms with Gasteiger partial charge in [0.05, 0.1) is 18.1 Å². The first-order valence-electron chi connectivity index (χ1n) is 14.4. The van der Waals surface area contributed by atoms with Crippen LogP contribution in [0.4, 0.5) is 0 Å². The summed E-state index contributed by atoms with van der Waals surface area (Å²) in [5.74, 6) is -0.812. The summed E-state index contributed by atoms with van der Waals surface area (Å²) in [6.45, 7) is 4.71. The van der Waals surface area contributed by atoms with Crippen LogP contribution in [-0.4, -0.2) is 73.6 Å². The largest absolute Gasteiger partial charge is 0.379 e. The summed E-state index contributed by atoms with van der Waals surface area (Å²) in [5.41, 5.74) is -0.106. The molecule has 8 nitrogen and oxygen atoms in total. The molecule has 0 spiro atoms. The van der Waals surface area contributed by atoms with E-state index in [2.05, 4.69) is 20.9 Å². The second-order valence-electron chi connectivity index (χ2n) is 10.9. The fourth-order valence-electron chi connectivity index (χ4n) is 5.60. The van der Waals surface area contributed by atoms with Crippen molar-refractivity contribution in [3.63, 3.8) is 0 Å². The predicted octanol–water partition coefficient (Wildman–Crippen LogP) is 4.16. The summed E-state index contributed by atoms with van der Waals surface area (Å²) >= 11 is 7.48. The third kappa shape index (κ3) is 7.65. The van der Waals surface area contributed by atoms with Crippen LogP contribution in [0, 0.1) is 0 Å². The number of nitrogens with one attached hydrogen (secondary N) is 3. The van der Waals surface area contributed by atoms with Crippen molar-refractivity contribution in [2.24, 2.45) is 0 Å². The molecule has 1 saturated heterocycles. The smallest absolute Gasteiger partial charge is 0.262 e. The molecule has 41 heavy (non-hydrogen) atoms. The normalized spacial score (nSPS) is 17.7. The van der Waals surface area contributed by atoms with Gasteiger partial charge < -0.3 is 20.7 Å². The molecule has 10 heteroatoms. The molecule has 2 aromatic carbocycles. The third-order valence-corrected chi connectivity index (χ3v) is 9.24. The van der Waals surface area contributed by atoms with Crippen molar-refractivity contribution in [1.29, 1.82) is 0 Å². The lowest BCUT2D eigenvalue weighted by Crippen LogP contribution is -2.61. The van der Waals surface area contributed by atoms with Gasteiger partial charge in [-0.3, -0.25) is 19.3 Å². The molecule has 1 aromatic heterocycles. The molecule has 1 aliphatic heterocycles. The lowest BCUT2D eigenvalue weighted by Gasteiger charge is -2.31. The minimum atomic E-state index is -1.06. The molecule has 2 aliphatic rings. The van der Waals surface area contributed by atoms with Gasteiger partial charge in [0, 0.05) is 35.8 Å². The number of morpholine rings is 1. The van der Waals surface area contributed by atoms with Gasteiger partial charge in [0.25, 0.3) is 5.91 Å². The van der Waals surface area contributed by atoms with E-state index in [1.54, 1.807) is 6.07 Å². The van der Waals surface area contributed by atoms with E-state index in [-0.39, 0.29) is 17.7 Å². The molecule has 3 N–H and O–H groups in total. The highest BCUT2D eigenvalue weighted by Gasteiger charge is 2.44. The molecule has 218 valence electrons. The van der Waals surface area contributed by atoms with E-state index in [4.69, 9.17) is 16.3 Å². The maximum absolute atomic E-state index is 13.9. The molecule has 0 bridgehead atoms. The van der Waals surface area contributed by atoms with Crippen LogP contribution in [0.15, 0.2) is 54.6 Å². The molecule has 0 unspecified atom stereocenters. The quantitative estimate of drug-likeness (QED) is 0.289. The fourth-order valence-corrected chi connectivity index (χ4v) is 6.83. The van der Waals surface area contributed by atoms with Gasteiger partial charge in [-0.25, -0.2) is 0 Å². The van der Waals surface area contributed by atoms with Crippen LogP contribution in [0.5, 0.6) is 0 Å². The molecule has 2 heterocycles. The van der Waals surface area contributed by atoms with E-state index in [0.717, 1.165) is 67.8 Å². The Morgan fingerprint density at radius 2 is 1.78 bits per heavy atom. The molecule has 2 fully saturated rings. The van der Waals surface area contributed by atoms with Gasteiger partial charge in [-0.15, -0.1) is 11.3 Å². The van der Waals surface area contributed by atoms with Crippen molar-refractivity contribution in [2.75, 3.05) is 39.4 Å². The third-order valence-electron chi connectivity index (χ3n) is 7.91. The van der Waals surface area contributed by atoms with Crippen LogP contribution in [0.25, 0.3) is 10.1 Å². The Labute approximate surface area is 249 Å². The second-order valence-corrected chi connectivity index (χ2v) is 12.4. The summed E-state index contributed by atoms with van der Waals surface area (Å²) in [5, 5.41) is 10.7. The number of fused-ring (bicyclic) bond motifs is 1. The number of thiophene rings is 1. The minimum absolute atomic E-state index is 0.218. The Bertz CT molecular complexity index is 1350. The van der Waals surface area contributed by atoms with Crippen molar-refractivity contribution < 1.29 is 19.1 Å². The highest BCUT2D eigenvalue weighted by atomic mass is 35.5. The van der Waals surface area contributed by atoms with Gasteiger partial charge in [0.1, 0.15) is 11.6 Å². The first-order valence-corrected chi connectivity index (χ1v) is 15.6. The number of hydrogen-bond acceptors (Lipinski definition) is 6. The molecule has 3 aromatic rings. The van der Waals surface area contributed by atoms with E-state index >= 15 is 0 Å². The van der Waals surface area contributed by atoms with Gasteiger partial charge in [-0.05, 0) is 55.0 Å². The molecule has 1 saturated carbocycles. The van der Waals surface area contributed by atoms with E-state index in [0.29, 0.717) is 35.7 Å². The predicted molar refractivity (Wildman–Crippen MR) is 162 cm³/mol. The van der Waals surface area contributed by atoms with Gasteiger partial charge in [0.15, 0.2) is 0 Å². The van der Waals surface area contributed by atoms with Crippen LogP contribution in [-0.2, 0) is 20.7 Å².